The van der Waals surface area contributed by atoms with Gasteiger partial charge < -0.3 is 9.80 Å². The van der Waals surface area contributed by atoms with Gasteiger partial charge in [0, 0.05) is 50.5 Å². The topological polar surface area (TPSA) is 87.0 Å². The second kappa shape index (κ2) is 7.63. The highest BCUT2D eigenvalue weighted by atomic mass is 16.6. The summed E-state index contributed by atoms with van der Waals surface area (Å²) in [5.41, 5.74) is 2.36. The maximum Gasteiger partial charge on any atom is 0.270 e. The van der Waals surface area contributed by atoms with Gasteiger partial charge in [0.05, 0.1) is 16.1 Å². The minimum Gasteiger partial charge on any atom is -0.369 e. The van der Waals surface area contributed by atoms with E-state index in [2.05, 4.69) is 22.9 Å². The summed E-state index contributed by atoms with van der Waals surface area (Å²) in [7, 11) is 2.11. The Balaban J connectivity index is 1.51. The summed E-state index contributed by atoms with van der Waals surface area (Å²) in [6.07, 6.45) is 0.538. The number of amides is 2. The summed E-state index contributed by atoms with van der Waals surface area (Å²) in [4.78, 5) is 41.6. The third-order valence-corrected chi connectivity index (χ3v) is 5.61. The van der Waals surface area contributed by atoms with E-state index in [1.165, 1.54) is 23.1 Å². The molecule has 2 aromatic carbocycles. The van der Waals surface area contributed by atoms with Gasteiger partial charge in [0.1, 0.15) is 0 Å². The third kappa shape index (κ3) is 3.58. The third-order valence-electron chi connectivity index (χ3n) is 5.61. The Morgan fingerprint density at radius 1 is 0.966 bits per heavy atom. The number of likely N-dealkylation sites (N-methyl/N-ethyl adjacent to an activating group) is 1. The molecule has 2 aliphatic heterocycles. The monoisotopic (exact) mass is 394 g/mol. The molecule has 29 heavy (non-hydrogen) atoms. The van der Waals surface area contributed by atoms with Crippen LogP contribution >= 0.6 is 0 Å². The lowest BCUT2D eigenvalue weighted by Crippen LogP contribution is -2.44. The highest BCUT2D eigenvalue weighted by Gasteiger charge is 2.36. The van der Waals surface area contributed by atoms with Crippen molar-refractivity contribution < 1.29 is 14.5 Å². The van der Waals surface area contributed by atoms with Crippen LogP contribution in [0.4, 0.5) is 11.4 Å². The standard InChI is InChI=1S/C21H22N4O4/c1-22-10-12-23(13-11-22)19-5-3-2-4-15(19)8-9-24-20(26)17-7-6-16(25(28)29)14-18(17)21(24)27/h2-7,14H,8-13H2,1H3. The van der Waals surface area contributed by atoms with Crippen molar-refractivity contribution in [2.45, 2.75) is 6.42 Å². The van der Waals surface area contributed by atoms with E-state index >= 15 is 0 Å². The van der Waals surface area contributed by atoms with Crippen molar-refractivity contribution in [3.05, 3.63) is 69.3 Å². The molecule has 0 atom stereocenters. The molecule has 0 aliphatic carbocycles. The summed E-state index contributed by atoms with van der Waals surface area (Å²) in [5, 5.41) is 11.0. The molecule has 0 spiro atoms. The zero-order chi connectivity index (χ0) is 20.5. The molecule has 2 aliphatic rings. The molecular weight excluding hydrogens is 372 g/mol. The lowest BCUT2D eigenvalue weighted by Gasteiger charge is -2.35. The molecule has 1 saturated heterocycles. The predicted octanol–water partition coefficient (Wildman–Crippen LogP) is 2.19. The average molecular weight is 394 g/mol. The van der Waals surface area contributed by atoms with Crippen LogP contribution in [0.15, 0.2) is 42.5 Å². The van der Waals surface area contributed by atoms with Gasteiger partial charge in [-0.3, -0.25) is 24.6 Å². The summed E-state index contributed by atoms with van der Waals surface area (Å²) in [5.74, 6) is -0.859. The van der Waals surface area contributed by atoms with Gasteiger partial charge >= 0.3 is 0 Å². The zero-order valence-corrected chi connectivity index (χ0v) is 16.2. The molecule has 2 aromatic rings. The summed E-state index contributed by atoms with van der Waals surface area (Å²) >= 11 is 0. The minimum atomic E-state index is -0.563. The lowest BCUT2D eigenvalue weighted by molar-refractivity contribution is -0.384. The number of nitro benzene ring substituents is 1. The van der Waals surface area contributed by atoms with Crippen LogP contribution in [0.1, 0.15) is 26.3 Å². The predicted molar refractivity (Wildman–Crippen MR) is 108 cm³/mol. The largest absolute Gasteiger partial charge is 0.369 e. The van der Waals surface area contributed by atoms with Crippen molar-refractivity contribution in [3.8, 4) is 0 Å². The minimum absolute atomic E-state index is 0.108. The number of benzene rings is 2. The Labute approximate surface area is 168 Å². The number of para-hydroxylation sites is 1. The van der Waals surface area contributed by atoms with E-state index in [4.69, 9.17) is 0 Å². The fourth-order valence-electron chi connectivity index (χ4n) is 3.91. The Hall–Kier alpha value is -3.26. The van der Waals surface area contributed by atoms with Gasteiger partial charge in [0.15, 0.2) is 0 Å². The van der Waals surface area contributed by atoms with Crippen LogP contribution in [0.2, 0.25) is 0 Å². The van der Waals surface area contributed by atoms with Gasteiger partial charge in [-0.2, -0.15) is 0 Å². The van der Waals surface area contributed by atoms with Gasteiger partial charge in [-0.25, -0.2) is 0 Å². The van der Waals surface area contributed by atoms with E-state index in [1.807, 2.05) is 18.2 Å². The summed E-state index contributed by atoms with van der Waals surface area (Å²) in [6, 6.07) is 11.9. The zero-order valence-electron chi connectivity index (χ0n) is 16.2. The number of rotatable bonds is 5. The lowest BCUT2D eigenvalue weighted by atomic mass is 10.1. The number of anilines is 1. The number of hydrogen-bond acceptors (Lipinski definition) is 6. The molecule has 0 saturated carbocycles. The second-order valence-electron chi connectivity index (χ2n) is 7.42. The Morgan fingerprint density at radius 2 is 1.66 bits per heavy atom. The van der Waals surface area contributed by atoms with E-state index in [1.54, 1.807) is 0 Å². The number of carbonyl (C=O) groups is 2. The van der Waals surface area contributed by atoms with Crippen molar-refractivity contribution >= 4 is 23.2 Å². The second-order valence-corrected chi connectivity index (χ2v) is 7.42. The quantitative estimate of drug-likeness (QED) is 0.439. The number of hydrogen-bond donors (Lipinski definition) is 0. The van der Waals surface area contributed by atoms with Crippen LogP contribution in [0.5, 0.6) is 0 Å². The molecule has 0 unspecified atom stereocenters. The van der Waals surface area contributed by atoms with Crippen molar-refractivity contribution in [3.63, 3.8) is 0 Å². The molecule has 0 N–H and O–H groups in total. The normalized spacial score (nSPS) is 17.0. The van der Waals surface area contributed by atoms with Crippen LogP contribution in [0.3, 0.4) is 0 Å². The van der Waals surface area contributed by atoms with E-state index in [-0.39, 0.29) is 23.4 Å². The van der Waals surface area contributed by atoms with Crippen molar-refractivity contribution in [1.82, 2.24) is 9.80 Å². The number of fused-ring (bicyclic) bond motifs is 1. The smallest absolute Gasteiger partial charge is 0.270 e. The van der Waals surface area contributed by atoms with Crippen molar-refractivity contribution in [1.29, 1.82) is 0 Å². The number of non-ortho nitro benzene ring substituents is 1. The number of piperazine rings is 1. The van der Waals surface area contributed by atoms with Crippen LogP contribution in [-0.4, -0.2) is 66.3 Å². The molecule has 2 amide bonds. The first-order valence-electron chi connectivity index (χ1n) is 9.62. The first-order valence-corrected chi connectivity index (χ1v) is 9.62. The van der Waals surface area contributed by atoms with Crippen LogP contribution in [0, 0.1) is 10.1 Å². The van der Waals surface area contributed by atoms with E-state index in [0.717, 1.165) is 37.4 Å². The highest BCUT2D eigenvalue weighted by Crippen LogP contribution is 2.28. The van der Waals surface area contributed by atoms with E-state index < -0.39 is 16.7 Å². The summed E-state index contributed by atoms with van der Waals surface area (Å²) in [6.45, 7) is 4.09. The first-order chi connectivity index (χ1) is 14.0. The number of nitro groups is 1. The fourth-order valence-corrected chi connectivity index (χ4v) is 3.91. The van der Waals surface area contributed by atoms with E-state index in [9.17, 15) is 19.7 Å². The first kappa shape index (κ1) is 19.1. The average Bonchev–Trinajstić information content (AvgIpc) is 2.97. The van der Waals surface area contributed by atoms with Crippen LogP contribution in [0.25, 0.3) is 0 Å². The van der Waals surface area contributed by atoms with Gasteiger partial charge in [0.25, 0.3) is 17.5 Å². The molecule has 2 heterocycles. The molecule has 0 bridgehead atoms. The van der Waals surface area contributed by atoms with Gasteiger partial charge in [-0.1, -0.05) is 18.2 Å². The van der Waals surface area contributed by atoms with Crippen molar-refractivity contribution in [2.75, 3.05) is 44.7 Å². The van der Waals surface area contributed by atoms with Crippen LogP contribution < -0.4 is 4.90 Å². The Bertz CT molecular complexity index is 982. The number of imide groups is 1. The maximum atomic E-state index is 12.7. The Morgan fingerprint density at radius 3 is 2.38 bits per heavy atom. The van der Waals surface area contributed by atoms with E-state index in [0.29, 0.717) is 6.42 Å². The maximum absolute atomic E-state index is 12.7. The van der Waals surface area contributed by atoms with Crippen molar-refractivity contribution in [2.24, 2.45) is 0 Å². The van der Waals surface area contributed by atoms with Gasteiger partial charge in [0.2, 0.25) is 0 Å². The SMILES string of the molecule is CN1CCN(c2ccccc2CCN2C(=O)c3ccc([N+](=O)[O-])cc3C2=O)CC1. The molecule has 0 aromatic heterocycles. The molecule has 4 rings (SSSR count). The van der Waals surface area contributed by atoms with Gasteiger partial charge in [-0.05, 0) is 31.2 Å². The molecule has 1 fully saturated rings. The highest BCUT2D eigenvalue weighted by molar-refractivity contribution is 6.21. The molecule has 8 nitrogen and oxygen atoms in total. The molecule has 150 valence electrons. The molecular formula is C21H22N4O4. The fraction of sp³-hybridized carbons (Fsp3) is 0.333. The number of carbonyl (C=O) groups excluding carboxylic acids is 2. The summed E-state index contributed by atoms with van der Waals surface area (Å²) < 4.78 is 0. The molecule has 0 radical (unpaired) electrons. The Kier molecular flexibility index (Phi) is 5.02. The van der Waals surface area contributed by atoms with Crippen LogP contribution in [-0.2, 0) is 6.42 Å². The van der Waals surface area contributed by atoms with Gasteiger partial charge in [-0.15, -0.1) is 0 Å². The number of nitrogens with zero attached hydrogens (tertiary/aromatic N) is 4. The molecule has 8 heteroatoms.